The fourth-order valence-electron chi connectivity index (χ4n) is 4.16. The minimum absolute atomic E-state index is 0.0819. The van der Waals surface area contributed by atoms with Gasteiger partial charge in [-0.2, -0.15) is 0 Å². The number of nitrogens with one attached hydrogen (secondary N) is 1. The Bertz CT molecular complexity index is 1230. The van der Waals surface area contributed by atoms with Crippen LogP contribution in [0.4, 0.5) is 8.78 Å². The van der Waals surface area contributed by atoms with E-state index < -0.39 is 56.7 Å². The second-order valence-electron chi connectivity index (χ2n) is 9.76. The van der Waals surface area contributed by atoms with E-state index in [1.807, 2.05) is 0 Å². The van der Waals surface area contributed by atoms with Gasteiger partial charge in [-0.1, -0.05) is 17.7 Å². The van der Waals surface area contributed by atoms with Gasteiger partial charge in [-0.15, -0.1) is 5.11 Å². The van der Waals surface area contributed by atoms with E-state index in [2.05, 4.69) is 10.3 Å². The second kappa shape index (κ2) is 9.94. The van der Waals surface area contributed by atoms with E-state index in [1.54, 1.807) is 0 Å². The summed E-state index contributed by atoms with van der Waals surface area (Å²) in [4.78, 5) is 18.0. The number of hydrogen-bond acceptors (Lipinski definition) is 3. The lowest BCUT2D eigenvalue weighted by molar-refractivity contribution is -0.00203. The third-order valence-electron chi connectivity index (χ3n) is 6.36. The zero-order valence-corrected chi connectivity index (χ0v) is 20.9. The first-order valence-electron chi connectivity index (χ1n) is 10.9. The number of piperidine rings is 1. The highest BCUT2D eigenvalue weighted by Gasteiger charge is 2.61. The quantitative estimate of drug-likeness (QED) is 0.476. The molecule has 0 aliphatic carbocycles. The van der Waals surface area contributed by atoms with Gasteiger partial charge in [0.25, 0.3) is 5.91 Å². The Balaban J connectivity index is 1.92. The molecule has 4 nitrogen and oxygen atoms in total. The third-order valence-corrected chi connectivity index (χ3v) is 6.64. The van der Waals surface area contributed by atoms with Crippen LogP contribution in [0.15, 0.2) is 36.5 Å². The molecular weight excluding hydrogens is 491 g/mol. The Labute approximate surface area is 241 Å². The normalized spacial score (nSPS) is 21.6. The molecule has 0 bridgehead atoms. The number of pyridine rings is 1. The summed E-state index contributed by atoms with van der Waals surface area (Å²) in [5.74, 6) is -1.63. The topological polar surface area (TPSA) is 45.2 Å². The Hall–Kier alpha value is -1.34. The van der Waals surface area contributed by atoms with Gasteiger partial charge in [0, 0.05) is 24.0 Å². The lowest BCUT2D eigenvalue weighted by Gasteiger charge is -2.64. The van der Waals surface area contributed by atoms with Gasteiger partial charge in [0.2, 0.25) is 0 Å². The van der Waals surface area contributed by atoms with Crippen molar-refractivity contribution in [2.75, 3.05) is 6.54 Å². The van der Waals surface area contributed by atoms with Crippen molar-refractivity contribution in [3.8, 4) is 0 Å². The first-order valence-corrected chi connectivity index (χ1v) is 11.3. The van der Waals surface area contributed by atoms with Crippen molar-refractivity contribution < 1.29 is 13.6 Å². The van der Waals surface area contributed by atoms with Crippen molar-refractivity contribution in [3.05, 3.63) is 64.2 Å². The Morgan fingerprint density at radius 2 is 1.63 bits per heavy atom. The summed E-state index contributed by atoms with van der Waals surface area (Å²) in [5, 5.41) is -9.31. The van der Waals surface area contributed by atoms with Gasteiger partial charge in [0.05, 0.1) is 91.3 Å². The summed E-state index contributed by atoms with van der Waals surface area (Å²) < 4.78 is 30.3. The van der Waals surface area contributed by atoms with Gasteiger partial charge in [0.15, 0.2) is 0 Å². The third kappa shape index (κ3) is 5.75. The van der Waals surface area contributed by atoms with E-state index in [0.717, 1.165) is 23.1 Å². The number of carbonyl (C=O) groups is 1. The van der Waals surface area contributed by atoms with Crippen LogP contribution in [0.3, 0.4) is 0 Å². The standard InChI is InChI=1S/C20H11B11ClF2N3O/c21-16(22)8-37(14(38)9-1-3-12(33)11(32)5-9)17(23,24)7-15(16,34)20(30,31)36-19(28,29)13-4-2-10(6-35-13)18(25,26)27/h1-6,36H,7-8H2. The zero-order chi connectivity index (χ0) is 29.1. The van der Waals surface area contributed by atoms with Gasteiger partial charge in [-0.25, -0.2) is 8.78 Å². The van der Waals surface area contributed by atoms with Crippen LogP contribution >= 0.6 is 11.6 Å². The van der Waals surface area contributed by atoms with E-state index in [9.17, 15) is 9.18 Å². The molecule has 22 radical (unpaired) electrons. The molecule has 1 fully saturated rings. The lowest BCUT2D eigenvalue weighted by Crippen LogP contribution is -2.78. The van der Waals surface area contributed by atoms with E-state index in [0.29, 0.717) is 0 Å². The number of carbonyl (C=O) groups excluding carboxylic acids is 1. The maximum atomic E-state index is 16.7. The van der Waals surface area contributed by atoms with Crippen LogP contribution in [0.25, 0.3) is 0 Å². The molecule has 3 rings (SSSR count). The number of halogens is 3. The Morgan fingerprint density at radius 3 is 2.13 bits per heavy atom. The van der Waals surface area contributed by atoms with Crippen LogP contribution in [0.5, 0.6) is 0 Å². The molecule has 38 heavy (non-hydrogen) atoms. The lowest BCUT2D eigenvalue weighted by atomic mass is 9.31. The van der Waals surface area contributed by atoms with Crippen LogP contribution in [-0.2, 0) is 10.5 Å². The van der Waals surface area contributed by atoms with Gasteiger partial charge < -0.3 is 10.2 Å². The maximum Gasteiger partial charge on any atom is 0.252 e. The monoisotopic (exact) mass is 503 g/mol. The Morgan fingerprint density at radius 1 is 1.03 bits per heavy atom. The number of rotatable bonds is 6. The van der Waals surface area contributed by atoms with Crippen LogP contribution < -0.4 is 5.32 Å². The minimum atomic E-state index is -3.05. The number of hydrogen-bond donors (Lipinski definition) is 1. The van der Waals surface area contributed by atoms with Crippen molar-refractivity contribution >= 4 is 104 Å². The molecule has 0 spiro atoms. The largest absolute Gasteiger partial charge is 0.351 e. The maximum absolute atomic E-state index is 16.7. The van der Waals surface area contributed by atoms with Crippen molar-refractivity contribution in [3.63, 3.8) is 0 Å². The smallest absolute Gasteiger partial charge is 0.252 e. The molecule has 1 aliphatic heterocycles. The number of amides is 1. The highest BCUT2D eigenvalue weighted by molar-refractivity contribution is 6.59. The molecule has 166 valence electrons. The van der Waals surface area contributed by atoms with Crippen molar-refractivity contribution in [2.24, 2.45) is 0 Å². The van der Waals surface area contributed by atoms with Gasteiger partial charge >= 0.3 is 0 Å². The van der Waals surface area contributed by atoms with Crippen molar-refractivity contribution in [1.82, 2.24) is 15.2 Å². The molecule has 1 unspecified atom stereocenters. The molecule has 1 aliphatic rings. The molecule has 2 aromatic rings. The molecule has 0 saturated carbocycles. The SMILES string of the molecule is [B]C([B])([B])c1ccc(C([B])([B])NC([B])([B])C2(F)CC([B])([B])N(C(=O)c3ccc(F)c(Cl)c3)CC2([B])[B])nc1. The molecule has 2 heterocycles. The van der Waals surface area contributed by atoms with Gasteiger partial charge in [-0.05, 0) is 57.5 Å². The fourth-order valence-corrected chi connectivity index (χ4v) is 4.34. The zero-order valence-electron chi connectivity index (χ0n) is 20.2. The molecule has 18 heteroatoms. The first kappa shape index (κ1) is 31.2. The number of nitrogens with zero attached hydrogens (tertiary/aromatic N) is 2. The van der Waals surface area contributed by atoms with E-state index in [-0.39, 0.29) is 21.8 Å². The van der Waals surface area contributed by atoms with Crippen LogP contribution in [0.1, 0.15) is 28.0 Å². The summed E-state index contributed by atoms with van der Waals surface area (Å²) in [7, 11) is 65.8. The predicted molar refractivity (Wildman–Crippen MR) is 153 cm³/mol. The highest BCUT2D eigenvalue weighted by Crippen LogP contribution is 2.52. The van der Waals surface area contributed by atoms with Crippen LogP contribution in [0.2, 0.25) is 10.2 Å². The molecular formula is C20H11B11ClF2N3O. The molecule has 1 atom stereocenters. The van der Waals surface area contributed by atoms with Crippen LogP contribution in [0, 0.1) is 5.82 Å². The molecule has 1 saturated heterocycles. The fraction of sp³-hybridized carbons (Fsp3) is 0.400. The average molecular weight is 502 g/mol. The molecule has 1 amide bonds. The summed E-state index contributed by atoms with van der Waals surface area (Å²) in [5.41, 5.74) is -3.02. The molecule has 1 aromatic heterocycles. The van der Waals surface area contributed by atoms with E-state index >= 15 is 4.39 Å². The predicted octanol–water partition coefficient (Wildman–Crippen LogP) is -1.78. The summed E-state index contributed by atoms with van der Waals surface area (Å²) in [6, 6.07) is 5.80. The van der Waals surface area contributed by atoms with Crippen molar-refractivity contribution in [2.45, 2.75) is 38.4 Å². The molecule has 1 aromatic carbocycles. The minimum Gasteiger partial charge on any atom is -0.351 e. The van der Waals surface area contributed by atoms with Crippen LogP contribution in [-0.4, -0.2) is 125 Å². The number of alkyl halides is 1. The summed E-state index contributed by atoms with van der Waals surface area (Å²) in [6.45, 7) is -0.789. The highest BCUT2D eigenvalue weighted by atomic mass is 35.5. The average Bonchev–Trinajstić information content (AvgIpc) is 2.76. The van der Waals surface area contributed by atoms with E-state index in [4.69, 9.17) is 97.9 Å². The van der Waals surface area contributed by atoms with Gasteiger partial charge in [0.1, 0.15) is 11.5 Å². The number of likely N-dealkylation sites (tertiary alicyclic amines) is 1. The Kier molecular flexibility index (Phi) is 8.16. The van der Waals surface area contributed by atoms with Crippen molar-refractivity contribution in [1.29, 1.82) is 0 Å². The molecule has 1 N–H and O–H groups in total. The first-order chi connectivity index (χ1) is 17.0. The van der Waals surface area contributed by atoms with Gasteiger partial charge in [-0.3, -0.25) is 9.78 Å². The number of benzene rings is 1. The summed E-state index contributed by atoms with van der Waals surface area (Å²) >= 11 is 5.77. The van der Waals surface area contributed by atoms with E-state index in [1.165, 1.54) is 18.3 Å². The second-order valence-corrected chi connectivity index (χ2v) is 10.2. The summed E-state index contributed by atoms with van der Waals surface area (Å²) in [6.07, 6.45) is 0.199. The number of aromatic nitrogens is 1.